The van der Waals surface area contributed by atoms with Crippen molar-refractivity contribution in [3.63, 3.8) is 0 Å². The second kappa shape index (κ2) is 7.67. The van der Waals surface area contributed by atoms with Crippen molar-refractivity contribution in [2.75, 3.05) is 26.2 Å². The van der Waals surface area contributed by atoms with Crippen LogP contribution in [0.3, 0.4) is 0 Å². The molecule has 1 fully saturated rings. The number of primary amides is 1. The molecule has 0 aromatic rings. The molecule has 1 saturated heterocycles. The summed E-state index contributed by atoms with van der Waals surface area (Å²) in [6, 6.07) is 0.539. The van der Waals surface area contributed by atoms with E-state index in [1.54, 1.807) is 0 Å². The first-order valence-corrected chi connectivity index (χ1v) is 6.87. The maximum Gasteiger partial charge on any atom is 0.217 e. The molecule has 4 nitrogen and oxygen atoms in total. The summed E-state index contributed by atoms with van der Waals surface area (Å²) >= 11 is 0. The lowest BCUT2D eigenvalue weighted by molar-refractivity contribution is -0.118. The molecule has 0 aromatic heterocycles. The highest BCUT2D eigenvalue weighted by molar-refractivity contribution is 5.73. The van der Waals surface area contributed by atoms with E-state index in [9.17, 15) is 4.79 Å². The summed E-state index contributed by atoms with van der Waals surface area (Å²) in [5.74, 6) is 0.548. The first kappa shape index (κ1) is 14.5. The fourth-order valence-electron chi connectivity index (χ4n) is 2.55. The Balaban J connectivity index is 2.17. The van der Waals surface area contributed by atoms with Gasteiger partial charge in [-0.2, -0.15) is 0 Å². The van der Waals surface area contributed by atoms with Crippen LogP contribution in [0.5, 0.6) is 0 Å². The van der Waals surface area contributed by atoms with Crippen LogP contribution in [-0.4, -0.2) is 43.0 Å². The van der Waals surface area contributed by atoms with Gasteiger partial charge < -0.3 is 16.0 Å². The number of nitrogens with two attached hydrogens (primary N) is 1. The molecule has 4 heteroatoms. The lowest BCUT2D eigenvalue weighted by atomic mass is 9.91. The highest BCUT2D eigenvalue weighted by Crippen LogP contribution is 2.19. The Kier molecular flexibility index (Phi) is 6.52. The van der Waals surface area contributed by atoms with E-state index >= 15 is 0 Å². The second-order valence-electron chi connectivity index (χ2n) is 5.11. The summed E-state index contributed by atoms with van der Waals surface area (Å²) in [4.78, 5) is 13.1. The van der Waals surface area contributed by atoms with Crippen LogP contribution < -0.4 is 11.1 Å². The van der Waals surface area contributed by atoms with Crippen LogP contribution in [0.2, 0.25) is 0 Å². The Hall–Kier alpha value is -0.610. The Morgan fingerprint density at radius 1 is 1.59 bits per heavy atom. The largest absolute Gasteiger partial charge is 0.370 e. The van der Waals surface area contributed by atoms with Crippen LogP contribution in [0.15, 0.2) is 0 Å². The molecule has 1 rings (SSSR count). The van der Waals surface area contributed by atoms with Crippen LogP contribution in [0.1, 0.15) is 39.5 Å². The van der Waals surface area contributed by atoms with Gasteiger partial charge in [-0.25, -0.2) is 0 Å². The summed E-state index contributed by atoms with van der Waals surface area (Å²) in [6.07, 6.45) is 3.97. The van der Waals surface area contributed by atoms with E-state index in [-0.39, 0.29) is 5.91 Å². The molecular weight excluding hydrogens is 214 g/mol. The first-order chi connectivity index (χ1) is 8.13. The number of carbonyl (C=O) groups is 1. The van der Waals surface area contributed by atoms with Crippen LogP contribution >= 0.6 is 0 Å². The predicted octanol–water partition coefficient (Wildman–Crippen LogP) is 0.962. The lowest BCUT2D eigenvalue weighted by Crippen LogP contribution is -2.44. The Bertz CT molecular complexity index is 233. The van der Waals surface area contributed by atoms with Gasteiger partial charge >= 0.3 is 0 Å². The van der Waals surface area contributed by atoms with Crippen molar-refractivity contribution in [2.24, 2.45) is 11.7 Å². The summed E-state index contributed by atoms with van der Waals surface area (Å²) in [6.45, 7) is 9.00. The van der Waals surface area contributed by atoms with Gasteiger partial charge in [0.2, 0.25) is 5.91 Å². The molecule has 2 unspecified atom stereocenters. The number of carbonyl (C=O) groups excluding carboxylic acids is 1. The van der Waals surface area contributed by atoms with Gasteiger partial charge in [-0.3, -0.25) is 4.79 Å². The van der Waals surface area contributed by atoms with Crippen molar-refractivity contribution in [1.29, 1.82) is 0 Å². The van der Waals surface area contributed by atoms with Crippen molar-refractivity contribution in [1.82, 2.24) is 10.2 Å². The van der Waals surface area contributed by atoms with Crippen molar-refractivity contribution < 1.29 is 4.79 Å². The van der Waals surface area contributed by atoms with Crippen LogP contribution in [0.4, 0.5) is 0 Å². The Morgan fingerprint density at radius 3 is 3.00 bits per heavy atom. The number of likely N-dealkylation sites (tertiary alicyclic amines) is 1. The monoisotopic (exact) mass is 241 g/mol. The van der Waals surface area contributed by atoms with Crippen LogP contribution in [0.25, 0.3) is 0 Å². The minimum absolute atomic E-state index is 0.200. The molecule has 0 aliphatic carbocycles. The fourth-order valence-corrected chi connectivity index (χ4v) is 2.55. The second-order valence-corrected chi connectivity index (χ2v) is 5.11. The molecule has 0 bridgehead atoms. The van der Waals surface area contributed by atoms with Crippen LogP contribution in [-0.2, 0) is 4.79 Å². The molecule has 1 heterocycles. The van der Waals surface area contributed by atoms with Gasteiger partial charge in [0, 0.05) is 19.0 Å². The molecule has 3 N–H and O–H groups in total. The summed E-state index contributed by atoms with van der Waals surface area (Å²) < 4.78 is 0. The Labute approximate surface area is 105 Å². The third-order valence-corrected chi connectivity index (χ3v) is 3.76. The maximum absolute atomic E-state index is 10.6. The minimum Gasteiger partial charge on any atom is -0.370 e. The lowest BCUT2D eigenvalue weighted by Gasteiger charge is -2.35. The third-order valence-electron chi connectivity index (χ3n) is 3.76. The van der Waals surface area contributed by atoms with Gasteiger partial charge in [0.15, 0.2) is 0 Å². The van der Waals surface area contributed by atoms with Gasteiger partial charge in [0.05, 0.1) is 0 Å². The molecule has 0 saturated carbocycles. The zero-order chi connectivity index (χ0) is 12.7. The summed E-state index contributed by atoms with van der Waals surface area (Å²) in [5, 5.41) is 3.52. The van der Waals surface area contributed by atoms with Gasteiger partial charge in [-0.05, 0) is 51.7 Å². The summed E-state index contributed by atoms with van der Waals surface area (Å²) in [7, 11) is 0. The van der Waals surface area contributed by atoms with Gasteiger partial charge in [-0.15, -0.1) is 0 Å². The number of hydrogen-bond acceptors (Lipinski definition) is 3. The van der Waals surface area contributed by atoms with E-state index < -0.39 is 0 Å². The molecule has 100 valence electrons. The van der Waals surface area contributed by atoms with Crippen molar-refractivity contribution in [2.45, 2.75) is 45.6 Å². The SMILES string of the molecule is CCN1CCCC(C(C)NCCCC(N)=O)C1. The zero-order valence-electron chi connectivity index (χ0n) is 11.2. The maximum atomic E-state index is 10.6. The molecule has 2 atom stereocenters. The Morgan fingerprint density at radius 2 is 2.35 bits per heavy atom. The first-order valence-electron chi connectivity index (χ1n) is 6.87. The van der Waals surface area contributed by atoms with E-state index in [4.69, 9.17) is 5.73 Å². The van der Waals surface area contributed by atoms with Gasteiger partial charge in [0.25, 0.3) is 0 Å². The zero-order valence-corrected chi connectivity index (χ0v) is 11.2. The van der Waals surface area contributed by atoms with E-state index in [1.807, 2.05) is 0 Å². The van der Waals surface area contributed by atoms with E-state index in [2.05, 4.69) is 24.1 Å². The van der Waals surface area contributed by atoms with Crippen molar-refractivity contribution in [3.05, 3.63) is 0 Å². The van der Waals surface area contributed by atoms with Gasteiger partial charge in [-0.1, -0.05) is 6.92 Å². The van der Waals surface area contributed by atoms with E-state index in [0.717, 1.165) is 25.4 Å². The number of nitrogens with zero attached hydrogens (tertiary/aromatic N) is 1. The molecule has 1 aliphatic heterocycles. The highest BCUT2D eigenvalue weighted by Gasteiger charge is 2.23. The van der Waals surface area contributed by atoms with E-state index in [1.165, 1.54) is 25.9 Å². The molecule has 17 heavy (non-hydrogen) atoms. The normalized spacial score (nSPS) is 23.5. The number of hydrogen-bond donors (Lipinski definition) is 2. The van der Waals surface area contributed by atoms with Crippen molar-refractivity contribution >= 4 is 5.91 Å². The quantitative estimate of drug-likeness (QED) is 0.653. The number of nitrogens with one attached hydrogen (secondary N) is 1. The smallest absolute Gasteiger partial charge is 0.217 e. The molecular formula is C13H27N3O. The fraction of sp³-hybridized carbons (Fsp3) is 0.923. The molecule has 1 aliphatic rings. The van der Waals surface area contributed by atoms with E-state index in [0.29, 0.717) is 12.5 Å². The molecule has 0 spiro atoms. The molecule has 1 amide bonds. The van der Waals surface area contributed by atoms with Crippen LogP contribution in [0, 0.1) is 5.92 Å². The molecule has 0 radical (unpaired) electrons. The number of rotatable bonds is 7. The molecule has 0 aromatic carbocycles. The average Bonchev–Trinajstić information content (AvgIpc) is 2.34. The topological polar surface area (TPSA) is 58.4 Å². The predicted molar refractivity (Wildman–Crippen MR) is 70.7 cm³/mol. The van der Waals surface area contributed by atoms with Gasteiger partial charge in [0.1, 0.15) is 0 Å². The minimum atomic E-state index is -0.200. The van der Waals surface area contributed by atoms with Crippen molar-refractivity contribution in [3.8, 4) is 0 Å². The average molecular weight is 241 g/mol. The summed E-state index contributed by atoms with van der Waals surface area (Å²) in [5.41, 5.74) is 5.11. The number of piperidine rings is 1. The standard InChI is InChI=1S/C13H27N3O/c1-3-16-9-5-6-12(10-16)11(2)15-8-4-7-13(14)17/h11-12,15H,3-10H2,1-2H3,(H2,14,17). The number of amides is 1. The third kappa shape index (κ3) is 5.50. The highest BCUT2D eigenvalue weighted by atomic mass is 16.1.